The van der Waals surface area contributed by atoms with E-state index in [1.54, 1.807) is 0 Å². The van der Waals surface area contributed by atoms with Crippen molar-refractivity contribution in [2.24, 2.45) is 0 Å². The molecule has 0 bridgehead atoms. The molecule has 0 aromatic heterocycles. The van der Waals surface area contributed by atoms with Crippen LogP contribution in [0.1, 0.15) is 18.9 Å². The van der Waals surface area contributed by atoms with Crippen molar-refractivity contribution < 1.29 is 9.47 Å². The molecule has 0 radical (unpaired) electrons. The Kier molecular flexibility index (Phi) is 3.37. The molecule has 1 unspecified atom stereocenters. The molecule has 0 spiro atoms. The summed E-state index contributed by atoms with van der Waals surface area (Å²) in [5, 5.41) is 3.53. The predicted octanol–water partition coefficient (Wildman–Crippen LogP) is 1.60. The molecule has 0 saturated carbocycles. The second-order valence-corrected chi connectivity index (χ2v) is 5.58. The van der Waals surface area contributed by atoms with Gasteiger partial charge in [0.2, 0.25) is 0 Å². The maximum atomic E-state index is 5.70. The van der Waals surface area contributed by atoms with Crippen LogP contribution in [0, 0.1) is 0 Å². The zero-order chi connectivity index (χ0) is 13.3. The molecule has 1 aromatic carbocycles. The summed E-state index contributed by atoms with van der Waals surface area (Å²) in [6.45, 7) is 6.73. The number of nitrogens with zero attached hydrogens (tertiary/aromatic N) is 1. The average molecular weight is 262 g/mol. The lowest BCUT2D eigenvalue weighted by molar-refractivity contribution is 0.147. The second kappa shape index (κ2) is 5.02. The van der Waals surface area contributed by atoms with Gasteiger partial charge in [-0.05, 0) is 51.2 Å². The molecule has 1 saturated heterocycles. The van der Waals surface area contributed by atoms with E-state index in [0.717, 1.165) is 31.1 Å². The van der Waals surface area contributed by atoms with Gasteiger partial charge in [0.1, 0.15) is 13.2 Å². The van der Waals surface area contributed by atoms with Crippen LogP contribution in [0.5, 0.6) is 11.5 Å². The molecule has 1 N–H and O–H groups in total. The Morgan fingerprint density at radius 1 is 1.21 bits per heavy atom. The molecule has 1 atom stereocenters. The highest BCUT2D eigenvalue weighted by Crippen LogP contribution is 2.36. The lowest BCUT2D eigenvalue weighted by Crippen LogP contribution is -2.46. The lowest BCUT2D eigenvalue weighted by atomic mass is 9.90. The van der Waals surface area contributed by atoms with Crippen LogP contribution in [0.2, 0.25) is 0 Å². The molecule has 2 aliphatic rings. The van der Waals surface area contributed by atoms with Gasteiger partial charge in [-0.15, -0.1) is 0 Å². The van der Waals surface area contributed by atoms with E-state index in [4.69, 9.17) is 9.47 Å². The SMILES string of the molecule is CN1CCCNCC1(C)c1ccc2c(c1)OCCO2. The summed E-state index contributed by atoms with van der Waals surface area (Å²) >= 11 is 0. The molecule has 104 valence electrons. The summed E-state index contributed by atoms with van der Waals surface area (Å²) in [6, 6.07) is 6.34. The first kappa shape index (κ1) is 12.8. The third-order valence-electron chi connectivity index (χ3n) is 4.32. The van der Waals surface area contributed by atoms with Gasteiger partial charge in [-0.25, -0.2) is 0 Å². The first-order valence-electron chi connectivity index (χ1n) is 7.02. The van der Waals surface area contributed by atoms with Crippen LogP contribution in [0.25, 0.3) is 0 Å². The van der Waals surface area contributed by atoms with Crippen LogP contribution < -0.4 is 14.8 Å². The van der Waals surface area contributed by atoms with E-state index in [0.29, 0.717) is 13.2 Å². The van der Waals surface area contributed by atoms with Crippen LogP contribution in [-0.4, -0.2) is 44.8 Å². The zero-order valence-electron chi connectivity index (χ0n) is 11.7. The van der Waals surface area contributed by atoms with Gasteiger partial charge < -0.3 is 14.8 Å². The van der Waals surface area contributed by atoms with E-state index in [1.807, 2.05) is 6.07 Å². The molecular formula is C15H22N2O2. The van der Waals surface area contributed by atoms with E-state index in [-0.39, 0.29) is 5.54 Å². The van der Waals surface area contributed by atoms with Crippen LogP contribution in [0.15, 0.2) is 18.2 Å². The smallest absolute Gasteiger partial charge is 0.161 e. The maximum Gasteiger partial charge on any atom is 0.161 e. The highest BCUT2D eigenvalue weighted by molar-refractivity contribution is 5.46. The molecule has 19 heavy (non-hydrogen) atoms. The first-order chi connectivity index (χ1) is 9.20. The number of benzene rings is 1. The largest absolute Gasteiger partial charge is 0.486 e. The van der Waals surface area contributed by atoms with Gasteiger partial charge in [-0.1, -0.05) is 6.07 Å². The van der Waals surface area contributed by atoms with Crippen molar-refractivity contribution in [3.05, 3.63) is 23.8 Å². The molecule has 4 heteroatoms. The van der Waals surface area contributed by atoms with Gasteiger partial charge in [0.15, 0.2) is 11.5 Å². The Hall–Kier alpha value is -1.26. The van der Waals surface area contributed by atoms with Crippen LogP contribution in [0.3, 0.4) is 0 Å². The number of fused-ring (bicyclic) bond motifs is 1. The van der Waals surface area contributed by atoms with E-state index < -0.39 is 0 Å². The van der Waals surface area contributed by atoms with Gasteiger partial charge in [0, 0.05) is 6.54 Å². The summed E-state index contributed by atoms with van der Waals surface area (Å²) in [7, 11) is 2.20. The fourth-order valence-corrected chi connectivity index (χ4v) is 2.86. The summed E-state index contributed by atoms with van der Waals surface area (Å²) in [5.74, 6) is 1.74. The third kappa shape index (κ3) is 2.30. The van der Waals surface area contributed by atoms with Crippen molar-refractivity contribution in [3.8, 4) is 11.5 Å². The van der Waals surface area contributed by atoms with Gasteiger partial charge in [-0.2, -0.15) is 0 Å². The summed E-state index contributed by atoms with van der Waals surface area (Å²) < 4.78 is 11.3. The lowest BCUT2D eigenvalue weighted by Gasteiger charge is -2.38. The van der Waals surface area contributed by atoms with E-state index >= 15 is 0 Å². The fourth-order valence-electron chi connectivity index (χ4n) is 2.86. The molecule has 3 rings (SSSR count). The first-order valence-corrected chi connectivity index (χ1v) is 7.02. The quantitative estimate of drug-likeness (QED) is 0.833. The van der Waals surface area contributed by atoms with Crippen molar-refractivity contribution in [2.45, 2.75) is 18.9 Å². The topological polar surface area (TPSA) is 33.7 Å². The maximum absolute atomic E-state index is 5.70. The number of ether oxygens (including phenoxy) is 2. The van der Waals surface area contributed by atoms with Crippen molar-refractivity contribution in [3.63, 3.8) is 0 Å². The molecule has 0 amide bonds. The summed E-state index contributed by atoms with van der Waals surface area (Å²) in [5.41, 5.74) is 1.29. The predicted molar refractivity (Wildman–Crippen MR) is 74.9 cm³/mol. The molecule has 0 aliphatic carbocycles. The fraction of sp³-hybridized carbons (Fsp3) is 0.600. The minimum Gasteiger partial charge on any atom is -0.486 e. The van der Waals surface area contributed by atoms with Crippen LogP contribution >= 0.6 is 0 Å². The number of hydrogen-bond donors (Lipinski definition) is 1. The Morgan fingerprint density at radius 3 is 2.84 bits per heavy atom. The normalized spacial score (nSPS) is 27.9. The molecule has 1 fully saturated rings. The molecule has 4 nitrogen and oxygen atoms in total. The summed E-state index contributed by atoms with van der Waals surface area (Å²) in [4.78, 5) is 2.43. The third-order valence-corrected chi connectivity index (χ3v) is 4.32. The minimum atomic E-state index is 0.00629. The van der Waals surface area contributed by atoms with Crippen molar-refractivity contribution in [2.75, 3.05) is 39.9 Å². The Morgan fingerprint density at radius 2 is 2.00 bits per heavy atom. The second-order valence-electron chi connectivity index (χ2n) is 5.58. The number of hydrogen-bond acceptors (Lipinski definition) is 4. The molecule has 1 aromatic rings. The Balaban J connectivity index is 1.95. The highest BCUT2D eigenvalue weighted by Gasteiger charge is 2.33. The van der Waals surface area contributed by atoms with E-state index in [2.05, 4.69) is 36.3 Å². The van der Waals surface area contributed by atoms with Crippen LogP contribution in [-0.2, 0) is 5.54 Å². The van der Waals surface area contributed by atoms with E-state index in [1.165, 1.54) is 12.0 Å². The van der Waals surface area contributed by atoms with Gasteiger partial charge in [-0.3, -0.25) is 4.90 Å². The minimum absolute atomic E-state index is 0.00629. The van der Waals surface area contributed by atoms with E-state index in [9.17, 15) is 0 Å². The van der Waals surface area contributed by atoms with Crippen molar-refractivity contribution >= 4 is 0 Å². The van der Waals surface area contributed by atoms with Crippen molar-refractivity contribution in [1.29, 1.82) is 0 Å². The Bertz CT molecular complexity index is 463. The molecule has 2 aliphatic heterocycles. The van der Waals surface area contributed by atoms with Crippen molar-refractivity contribution in [1.82, 2.24) is 10.2 Å². The average Bonchev–Trinajstić information content (AvgIpc) is 2.62. The molecular weight excluding hydrogens is 240 g/mol. The monoisotopic (exact) mass is 262 g/mol. The number of nitrogens with one attached hydrogen (secondary N) is 1. The van der Waals surface area contributed by atoms with Gasteiger partial charge in [0.05, 0.1) is 5.54 Å². The molecule has 2 heterocycles. The van der Waals surface area contributed by atoms with Gasteiger partial charge >= 0.3 is 0 Å². The number of likely N-dealkylation sites (N-methyl/N-ethyl adjacent to an activating group) is 1. The summed E-state index contributed by atoms with van der Waals surface area (Å²) in [6.07, 6.45) is 1.19. The standard InChI is InChI=1S/C15H22N2O2/c1-15(11-16-6-3-7-17(15)2)12-4-5-13-14(10-12)19-9-8-18-13/h4-5,10,16H,3,6-9,11H2,1-2H3. The van der Waals surface area contributed by atoms with Crippen LogP contribution in [0.4, 0.5) is 0 Å². The highest BCUT2D eigenvalue weighted by atomic mass is 16.6. The zero-order valence-corrected chi connectivity index (χ0v) is 11.7. The van der Waals surface area contributed by atoms with Gasteiger partial charge in [0.25, 0.3) is 0 Å². The Labute approximate surface area is 114 Å². The number of rotatable bonds is 1.